The molecule has 144 valence electrons. The van der Waals surface area contributed by atoms with E-state index < -0.39 is 11.9 Å². The number of guanidine groups is 1. The first-order chi connectivity index (χ1) is 13.3. The molecule has 0 bridgehead atoms. The zero-order valence-corrected chi connectivity index (χ0v) is 16.2. The third-order valence-corrected chi connectivity index (χ3v) is 4.61. The van der Waals surface area contributed by atoms with E-state index in [1.165, 1.54) is 0 Å². The number of nitrogens with one attached hydrogen (secondary N) is 2. The number of fused-ring (bicyclic) bond motifs is 1. The summed E-state index contributed by atoms with van der Waals surface area (Å²) in [6.45, 7) is 6.13. The largest absolute Gasteiger partial charge is 0.487 e. The molecule has 0 spiro atoms. The van der Waals surface area contributed by atoms with Gasteiger partial charge in [-0.2, -0.15) is 0 Å². The van der Waals surface area contributed by atoms with Crippen molar-refractivity contribution in [2.24, 2.45) is 5.73 Å². The van der Waals surface area contributed by atoms with Crippen LogP contribution in [0.5, 0.6) is 5.75 Å². The average molecular weight is 376 g/mol. The fourth-order valence-corrected chi connectivity index (χ4v) is 2.83. The van der Waals surface area contributed by atoms with Crippen molar-refractivity contribution in [1.29, 1.82) is 5.41 Å². The summed E-state index contributed by atoms with van der Waals surface area (Å²) in [5.41, 5.74) is 7.52. The number of pyridine rings is 1. The Hall–Kier alpha value is -3.41. The highest BCUT2D eigenvalue weighted by Gasteiger charge is 2.21. The second kappa shape index (κ2) is 7.68. The van der Waals surface area contributed by atoms with Gasteiger partial charge in [-0.15, -0.1) is 0 Å². The second-order valence-corrected chi connectivity index (χ2v) is 7.15. The third kappa shape index (κ3) is 4.11. The fraction of sp³-hybridized carbons (Fsp3) is 0.227. The number of carbonyl (C=O) groups excluding carboxylic acids is 1. The van der Waals surface area contributed by atoms with Crippen molar-refractivity contribution in [3.8, 4) is 17.0 Å². The summed E-state index contributed by atoms with van der Waals surface area (Å²) in [6.07, 6.45) is 0.846. The molecule has 0 aliphatic carbocycles. The van der Waals surface area contributed by atoms with Crippen molar-refractivity contribution >= 4 is 22.8 Å². The van der Waals surface area contributed by atoms with Crippen molar-refractivity contribution in [2.45, 2.75) is 32.8 Å². The summed E-state index contributed by atoms with van der Waals surface area (Å²) in [6, 6.07) is 16.7. The molecule has 0 unspecified atom stereocenters. The molecule has 1 aromatic heterocycles. The molecule has 1 amide bonds. The lowest BCUT2D eigenvalue weighted by molar-refractivity contribution is 0.0977. The Bertz CT molecular complexity index is 1040. The maximum atomic E-state index is 12.6. The lowest BCUT2D eigenvalue weighted by Crippen LogP contribution is -2.35. The van der Waals surface area contributed by atoms with Gasteiger partial charge in [-0.25, -0.2) is 4.98 Å². The zero-order chi connectivity index (χ0) is 20.3. The van der Waals surface area contributed by atoms with E-state index in [2.05, 4.69) is 12.2 Å². The molecule has 0 aliphatic rings. The van der Waals surface area contributed by atoms with Gasteiger partial charge in [0.15, 0.2) is 5.96 Å². The molecular weight excluding hydrogens is 352 g/mol. The van der Waals surface area contributed by atoms with Gasteiger partial charge in [0.05, 0.1) is 16.8 Å². The molecule has 0 fully saturated rings. The molecule has 3 aromatic rings. The Morgan fingerprint density at radius 2 is 1.86 bits per heavy atom. The second-order valence-electron chi connectivity index (χ2n) is 7.15. The number of nitrogens with zero attached hydrogens (tertiary/aromatic N) is 1. The fourth-order valence-electron chi connectivity index (χ4n) is 2.83. The number of aromatic nitrogens is 1. The molecule has 0 radical (unpaired) electrons. The number of benzene rings is 2. The number of ether oxygens (including phenoxy) is 1. The smallest absolute Gasteiger partial charge is 0.258 e. The van der Waals surface area contributed by atoms with E-state index in [1.807, 2.05) is 62.4 Å². The van der Waals surface area contributed by atoms with Gasteiger partial charge in [0, 0.05) is 10.9 Å². The normalized spacial score (nSPS) is 11.2. The number of nitrogens with two attached hydrogens (primary N) is 1. The molecular formula is C22H24N4O2. The SMILES string of the molecule is CCC(C)(C)Oc1ccccc1-c1cc(C(=O)NC(=N)N)c2ccccc2n1. The highest BCUT2D eigenvalue weighted by Crippen LogP contribution is 2.34. The molecule has 4 N–H and O–H groups in total. The molecule has 6 nitrogen and oxygen atoms in total. The average Bonchev–Trinajstić information content (AvgIpc) is 2.66. The summed E-state index contributed by atoms with van der Waals surface area (Å²) in [5.74, 6) is -0.143. The number of hydrogen-bond donors (Lipinski definition) is 3. The molecule has 6 heteroatoms. The van der Waals surface area contributed by atoms with Crippen LogP contribution in [0, 0.1) is 5.41 Å². The number of hydrogen-bond acceptors (Lipinski definition) is 4. The lowest BCUT2D eigenvalue weighted by Gasteiger charge is -2.26. The van der Waals surface area contributed by atoms with Gasteiger partial charge in [-0.05, 0) is 44.5 Å². The Morgan fingerprint density at radius 1 is 1.18 bits per heavy atom. The maximum absolute atomic E-state index is 12.6. The minimum Gasteiger partial charge on any atom is -0.487 e. The van der Waals surface area contributed by atoms with Crippen LogP contribution in [0.4, 0.5) is 0 Å². The summed E-state index contributed by atoms with van der Waals surface area (Å²) < 4.78 is 6.22. The predicted molar refractivity (Wildman–Crippen MR) is 112 cm³/mol. The molecule has 0 atom stereocenters. The van der Waals surface area contributed by atoms with Crippen molar-refractivity contribution in [3.63, 3.8) is 0 Å². The monoisotopic (exact) mass is 376 g/mol. The van der Waals surface area contributed by atoms with Crippen LogP contribution in [0.15, 0.2) is 54.6 Å². The van der Waals surface area contributed by atoms with E-state index in [1.54, 1.807) is 6.07 Å². The van der Waals surface area contributed by atoms with Gasteiger partial charge < -0.3 is 10.5 Å². The van der Waals surface area contributed by atoms with Crippen LogP contribution in [0.25, 0.3) is 22.2 Å². The third-order valence-electron chi connectivity index (χ3n) is 4.61. The van der Waals surface area contributed by atoms with Crippen LogP contribution in [0.2, 0.25) is 0 Å². The highest BCUT2D eigenvalue weighted by atomic mass is 16.5. The van der Waals surface area contributed by atoms with Crippen molar-refractivity contribution in [1.82, 2.24) is 10.3 Å². The summed E-state index contributed by atoms with van der Waals surface area (Å²) in [7, 11) is 0. The van der Waals surface area contributed by atoms with Crippen molar-refractivity contribution in [2.75, 3.05) is 0 Å². The van der Waals surface area contributed by atoms with Gasteiger partial charge in [0.1, 0.15) is 11.4 Å². The first-order valence-electron chi connectivity index (χ1n) is 9.14. The van der Waals surface area contributed by atoms with Crippen LogP contribution in [0.3, 0.4) is 0 Å². The summed E-state index contributed by atoms with van der Waals surface area (Å²) >= 11 is 0. The lowest BCUT2D eigenvalue weighted by atomic mass is 10.0. The quantitative estimate of drug-likeness (QED) is 0.461. The van der Waals surface area contributed by atoms with E-state index in [9.17, 15) is 4.79 Å². The van der Waals surface area contributed by atoms with E-state index in [4.69, 9.17) is 20.9 Å². The molecule has 3 rings (SSSR count). The van der Waals surface area contributed by atoms with E-state index in [0.29, 0.717) is 27.9 Å². The van der Waals surface area contributed by atoms with Gasteiger partial charge in [0.25, 0.3) is 5.91 Å². The standard InChI is InChI=1S/C22H24N4O2/c1-4-22(2,3)28-19-12-8-6-10-15(19)18-13-16(20(27)26-21(23)24)14-9-5-7-11-17(14)25-18/h5-13H,4H2,1-3H3,(H4,23,24,26,27). The molecule has 1 heterocycles. The van der Waals surface area contributed by atoms with Crippen molar-refractivity contribution < 1.29 is 9.53 Å². The predicted octanol–water partition coefficient (Wildman–Crippen LogP) is 4.09. The minimum atomic E-state index is -0.445. The zero-order valence-electron chi connectivity index (χ0n) is 16.2. The maximum Gasteiger partial charge on any atom is 0.258 e. The van der Waals surface area contributed by atoms with Crippen LogP contribution < -0.4 is 15.8 Å². The Labute approximate surface area is 164 Å². The van der Waals surface area contributed by atoms with Crippen LogP contribution >= 0.6 is 0 Å². The van der Waals surface area contributed by atoms with Crippen molar-refractivity contribution in [3.05, 3.63) is 60.2 Å². The molecule has 0 saturated carbocycles. The molecule has 28 heavy (non-hydrogen) atoms. The van der Waals surface area contributed by atoms with E-state index in [-0.39, 0.29) is 5.60 Å². The Kier molecular flexibility index (Phi) is 5.31. The number of para-hydroxylation sites is 2. The summed E-state index contributed by atoms with van der Waals surface area (Å²) in [5, 5.41) is 10.4. The van der Waals surface area contributed by atoms with Crippen LogP contribution in [-0.4, -0.2) is 22.5 Å². The molecule has 2 aromatic carbocycles. The Balaban J connectivity index is 2.17. The topological polar surface area (TPSA) is 101 Å². The van der Waals surface area contributed by atoms with Gasteiger partial charge in [-0.3, -0.25) is 15.5 Å². The van der Waals surface area contributed by atoms with E-state index >= 15 is 0 Å². The van der Waals surface area contributed by atoms with Crippen LogP contribution in [-0.2, 0) is 0 Å². The molecule has 0 saturated heterocycles. The first kappa shape index (κ1) is 19.4. The number of carbonyl (C=O) groups is 1. The number of rotatable bonds is 5. The van der Waals surface area contributed by atoms with Gasteiger partial charge in [0.2, 0.25) is 0 Å². The van der Waals surface area contributed by atoms with Gasteiger partial charge in [-0.1, -0.05) is 37.3 Å². The Morgan fingerprint density at radius 3 is 2.57 bits per heavy atom. The van der Waals surface area contributed by atoms with Gasteiger partial charge >= 0.3 is 0 Å². The highest BCUT2D eigenvalue weighted by molar-refractivity contribution is 6.12. The first-order valence-corrected chi connectivity index (χ1v) is 9.14. The van der Waals surface area contributed by atoms with E-state index in [0.717, 1.165) is 12.0 Å². The molecule has 0 aliphatic heterocycles. The summed E-state index contributed by atoms with van der Waals surface area (Å²) in [4.78, 5) is 17.4. The minimum absolute atomic E-state index is 0.332. The number of amides is 1. The van der Waals surface area contributed by atoms with Crippen LogP contribution in [0.1, 0.15) is 37.6 Å².